The van der Waals surface area contributed by atoms with Gasteiger partial charge in [0, 0.05) is 25.7 Å². The summed E-state index contributed by atoms with van der Waals surface area (Å²) in [6, 6.07) is 5.98. The Bertz CT molecular complexity index is 272. The molecule has 0 bridgehead atoms. The first-order chi connectivity index (χ1) is 8.43. The van der Waals surface area contributed by atoms with Crippen LogP contribution in [-0.2, 0) is 9.47 Å². The highest BCUT2D eigenvalue weighted by atomic mass is 33.1. The van der Waals surface area contributed by atoms with Gasteiger partial charge in [0.25, 0.3) is 0 Å². The predicted molar refractivity (Wildman–Crippen MR) is 74.5 cm³/mol. The number of hydrogen-bond acceptors (Lipinski definition) is 5. The van der Waals surface area contributed by atoms with Gasteiger partial charge in [-0.3, -0.25) is 0 Å². The van der Waals surface area contributed by atoms with E-state index in [0.29, 0.717) is 13.2 Å². The molecule has 0 aliphatic heterocycles. The van der Waals surface area contributed by atoms with E-state index in [0.717, 1.165) is 23.8 Å². The first kappa shape index (κ1) is 14.8. The summed E-state index contributed by atoms with van der Waals surface area (Å²) in [5, 5.41) is 1.08. The maximum Gasteiger partial charge on any atom is 0.106 e. The fourth-order valence-electron chi connectivity index (χ4n) is 1.11. The van der Waals surface area contributed by atoms with E-state index in [-0.39, 0.29) is 0 Å². The first-order valence-corrected chi connectivity index (χ1v) is 8.02. The second-order valence-corrected chi connectivity index (χ2v) is 5.82. The summed E-state index contributed by atoms with van der Waals surface area (Å²) in [5.41, 5.74) is 0. The van der Waals surface area contributed by atoms with E-state index in [2.05, 4.69) is 4.98 Å². The number of rotatable bonds is 10. The Morgan fingerprint density at radius 2 is 2.12 bits per heavy atom. The zero-order chi connectivity index (χ0) is 12.2. The summed E-state index contributed by atoms with van der Waals surface area (Å²) in [6.45, 7) is 2.22. The summed E-state index contributed by atoms with van der Waals surface area (Å²) < 4.78 is 10.3. The van der Waals surface area contributed by atoms with Crippen molar-refractivity contribution in [1.29, 1.82) is 0 Å². The molecule has 0 N–H and O–H groups in total. The molecule has 96 valence electrons. The number of hydrogen-bond donors (Lipinski definition) is 0. The van der Waals surface area contributed by atoms with E-state index in [1.54, 1.807) is 17.9 Å². The van der Waals surface area contributed by atoms with Crippen LogP contribution in [0.25, 0.3) is 0 Å². The molecule has 1 heterocycles. The molecule has 0 spiro atoms. The lowest BCUT2D eigenvalue weighted by molar-refractivity contribution is 0.0693. The van der Waals surface area contributed by atoms with Crippen molar-refractivity contribution in [3.8, 4) is 0 Å². The van der Waals surface area contributed by atoms with E-state index in [1.807, 2.05) is 35.2 Å². The van der Waals surface area contributed by atoms with Gasteiger partial charge in [-0.15, -0.1) is 0 Å². The summed E-state index contributed by atoms with van der Waals surface area (Å²) in [5.74, 6) is 1.13. The zero-order valence-corrected chi connectivity index (χ0v) is 11.8. The molecule has 0 radical (unpaired) electrons. The standard InChI is InChI=1S/C12H19NO2S2/c1-14-9-10-15-8-4-5-11-16-17-12-6-2-3-7-13-12/h2-3,6-7H,4-5,8-11H2,1H3. The molecule has 0 atom stereocenters. The largest absolute Gasteiger partial charge is 0.382 e. The quantitative estimate of drug-likeness (QED) is 0.482. The van der Waals surface area contributed by atoms with E-state index in [4.69, 9.17) is 9.47 Å². The van der Waals surface area contributed by atoms with Crippen molar-refractivity contribution in [3.05, 3.63) is 24.4 Å². The van der Waals surface area contributed by atoms with Gasteiger partial charge in [0.2, 0.25) is 0 Å². The number of pyridine rings is 1. The summed E-state index contributed by atoms with van der Waals surface area (Å²) >= 11 is 0. The lowest BCUT2D eigenvalue weighted by Gasteiger charge is -2.03. The third-order valence-corrected chi connectivity index (χ3v) is 4.33. The zero-order valence-electron chi connectivity index (χ0n) is 10.1. The Morgan fingerprint density at radius 1 is 1.18 bits per heavy atom. The van der Waals surface area contributed by atoms with E-state index >= 15 is 0 Å². The Morgan fingerprint density at radius 3 is 2.88 bits per heavy atom. The van der Waals surface area contributed by atoms with E-state index in [9.17, 15) is 0 Å². The Labute approximate surface area is 111 Å². The molecule has 0 unspecified atom stereocenters. The van der Waals surface area contributed by atoms with E-state index in [1.165, 1.54) is 6.42 Å². The first-order valence-electron chi connectivity index (χ1n) is 5.70. The fraction of sp³-hybridized carbons (Fsp3) is 0.583. The molecule has 0 saturated heterocycles. The van der Waals surface area contributed by atoms with Gasteiger partial charge in [-0.1, -0.05) is 16.9 Å². The fourth-order valence-corrected chi connectivity index (χ4v) is 3.13. The smallest absolute Gasteiger partial charge is 0.106 e. The van der Waals surface area contributed by atoms with Crippen LogP contribution < -0.4 is 0 Å². The number of ether oxygens (including phenoxy) is 2. The lowest BCUT2D eigenvalue weighted by atomic mass is 10.4. The molecule has 1 aromatic rings. The molecule has 1 rings (SSSR count). The van der Waals surface area contributed by atoms with Crippen molar-refractivity contribution in [2.45, 2.75) is 17.9 Å². The number of methoxy groups -OCH3 is 1. The third-order valence-electron chi connectivity index (χ3n) is 1.98. The van der Waals surface area contributed by atoms with Crippen LogP contribution in [0.15, 0.2) is 29.4 Å². The lowest BCUT2D eigenvalue weighted by Crippen LogP contribution is -2.02. The van der Waals surface area contributed by atoms with Gasteiger partial charge in [0.05, 0.1) is 13.2 Å². The van der Waals surface area contributed by atoms with Crippen molar-refractivity contribution < 1.29 is 9.47 Å². The van der Waals surface area contributed by atoms with E-state index < -0.39 is 0 Å². The van der Waals surface area contributed by atoms with Gasteiger partial charge in [0.15, 0.2) is 0 Å². The highest BCUT2D eigenvalue weighted by molar-refractivity contribution is 8.76. The van der Waals surface area contributed by atoms with Crippen molar-refractivity contribution in [2.24, 2.45) is 0 Å². The minimum absolute atomic E-state index is 0.685. The molecule has 0 aliphatic carbocycles. The Hall–Kier alpha value is -0.230. The summed E-state index contributed by atoms with van der Waals surface area (Å²) in [7, 11) is 5.27. The number of unbranched alkanes of at least 4 members (excludes halogenated alkanes) is 1. The van der Waals surface area contributed by atoms with Gasteiger partial charge in [0.1, 0.15) is 5.03 Å². The minimum Gasteiger partial charge on any atom is -0.382 e. The molecule has 17 heavy (non-hydrogen) atoms. The molecular formula is C12H19NO2S2. The molecule has 0 amide bonds. The summed E-state index contributed by atoms with van der Waals surface area (Å²) in [4.78, 5) is 4.25. The second-order valence-electron chi connectivity index (χ2n) is 3.39. The van der Waals surface area contributed by atoms with Crippen molar-refractivity contribution in [1.82, 2.24) is 4.98 Å². The van der Waals surface area contributed by atoms with Gasteiger partial charge >= 0.3 is 0 Å². The highest BCUT2D eigenvalue weighted by Gasteiger charge is 1.95. The molecule has 0 fully saturated rings. The Kier molecular flexibility index (Phi) is 9.50. The maximum atomic E-state index is 5.39. The molecule has 1 aromatic heterocycles. The minimum atomic E-state index is 0.685. The Balaban J connectivity index is 1.85. The topological polar surface area (TPSA) is 31.4 Å². The third kappa shape index (κ3) is 8.49. The van der Waals surface area contributed by atoms with Gasteiger partial charge in [-0.2, -0.15) is 0 Å². The normalized spacial score (nSPS) is 10.6. The van der Waals surface area contributed by atoms with Crippen LogP contribution >= 0.6 is 21.6 Å². The van der Waals surface area contributed by atoms with Crippen molar-refractivity contribution in [3.63, 3.8) is 0 Å². The monoisotopic (exact) mass is 273 g/mol. The SMILES string of the molecule is COCCOCCCCSSc1ccccn1. The molecular weight excluding hydrogens is 254 g/mol. The van der Waals surface area contributed by atoms with Crippen LogP contribution in [0.2, 0.25) is 0 Å². The van der Waals surface area contributed by atoms with Crippen LogP contribution in [0.3, 0.4) is 0 Å². The summed E-state index contributed by atoms with van der Waals surface area (Å²) in [6.07, 6.45) is 4.11. The van der Waals surface area contributed by atoms with Gasteiger partial charge in [-0.25, -0.2) is 4.98 Å². The average molecular weight is 273 g/mol. The van der Waals surface area contributed by atoms with Gasteiger partial charge in [-0.05, 0) is 35.8 Å². The molecule has 0 aliphatic rings. The van der Waals surface area contributed by atoms with Gasteiger partial charge < -0.3 is 9.47 Å². The molecule has 3 nitrogen and oxygen atoms in total. The van der Waals surface area contributed by atoms with Crippen LogP contribution in [0, 0.1) is 0 Å². The van der Waals surface area contributed by atoms with Crippen LogP contribution in [0.5, 0.6) is 0 Å². The average Bonchev–Trinajstić information content (AvgIpc) is 2.38. The maximum absolute atomic E-state index is 5.39. The highest BCUT2D eigenvalue weighted by Crippen LogP contribution is 2.29. The van der Waals surface area contributed by atoms with Crippen molar-refractivity contribution >= 4 is 21.6 Å². The van der Waals surface area contributed by atoms with Crippen LogP contribution in [0.1, 0.15) is 12.8 Å². The predicted octanol–water partition coefficient (Wildman–Crippen LogP) is 3.27. The van der Waals surface area contributed by atoms with Crippen molar-refractivity contribution in [2.75, 3.05) is 32.7 Å². The second kappa shape index (κ2) is 10.9. The number of aromatic nitrogens is 1. The molecule has 0 aromatic carbocycles. The molecule has 5 heteroatoms. The molecule has 0 saturated carbocycles. The van der Waals surface area contributed by atoms with Crippen LogP contribution in [-0.4, -0.2) is 37.7 Å². The van der Waals surface area contributed by atoms with Crippen LogP contribution in [0.4, 0.5) is 0 Å². The number of nitrogens with zero attached hydrogens (tertiary/aromatic N) is 1.